The molecule has 0 spiro atoms. The summed E-state index contributed by atoms with van der Waals surface area (Å²) in [5, 5.41) is 0. The second-order valence-electron chi connectivity index (χ2n) is 4.90. The number of nitrogens with zero attached hydrogens (tertiary/aromatic N) is 1. The molecule has 2 nitrogen and oxygen atoms in total. The number of unbranched alkanes of at least 4 members (excludes halogenated alkanes) is 8. The minimum absolute atomic E-state index is 0.0876. The Morgan fingerprint density at radius 3 is 2.00 bits per heavy atom. The van der Waals surface area contributed by atoms with E-state index in [-0.39, 0.29) is 5.91 Å². The van der Waals surface area contributed by atoms with Crippen LogP contribution in [-0.4, -0.2) is 24.9 Å². The Balaban J connectivity index is 3.21. The third kappa shape index (κ3) is 11.5. The Morgan fingerprint density at radius 2 is 1.47 bits per heavy atom. The molecule has 0 saturated heterocycles. The monoisotopic (exact) mass is 239 g/mol. The molecule has 0 fully saturated rings. The highest BCUT2D eigenvalue weighted by Crippen LogP contribution is 2.09. The first-order valence-corrected chi connectivity index (χ1v) is 7.06. The molecule has 0 aromatic heterocycles. The van der Waals surface area contributed by atoms with Crippen molar-refractivity contribution in [1.82, 2.24) is 4.90 Å². The second kappa shape index (κ2) is 11.7. The van der Waals surface area contributed by atoms with Crippen molar-refractivity contribution in [2.75, 3.05) is 14.1 Å². The summed E-state index contributed by atoms with van der Waals surface area (Å²) in [6.07, 6.45) is 15.4. The summed E-state index contributed by atoms with van der Waals surface area (Å²) in [6, 6.07) is 0. The van der Waals surface area contributed by atoms with Crippen molar-refractivity contribution >= 4 is 5.91 Å². The second-order valence-corrected chi connectivity index (χ2v) is 4.90. The quantitative estimate of drug-likeness (QED) is 0.414. The van der Waals surface area contributed by atoms with E-state index in [9.17, 15) is 4.79 Å². The molecule has 0 aromatic rings. The van der Waals surface area contributed by atoms with Crippen molar-refractivity contribution in [2.24, 2.45) is 0 Å². The van der Waals surface area contributed by atoms with Crippen molar-refractivity contribution < 1.29 is 4.79 Å². The first kappa shape index (κ1) is 16.2. The van der Waals surface area contributed by atoms with Crippen LogP contribution in [0.2, 0.25) is 0 Å². The molecule has 0 radical (unpaired) electrons. The lowest BCUT2D eigenvalue weighted by molar-refractivity contribution is -0.123. The zero-order valence-electron chi connectivity index (χ0n) is 11.9. The Hall–Kier alpha value is -0.790. The molecular formula is C15H29NO. The molecule has 17 heavy (non-hydrogen) atoms. The van der Waals surface area contributed by atoms with Crippen LogP contribution >= 0.6 is 0 Å². The fraction of sp³-hybridized carbons (Fsp3) is 0.800. The zero-order valence-corrected chi connectivity index (χ0v) is 11.9. The van der Waals surface area contributed by atoms with Crippen LogP contribution < -0.4 is 0 Å². The van der Waals surface area contributed by atoms with E-state index in [4.69, 9.17) is 0 Å². The van der Waals surface area contributed by atoms with Gasteiger partial charge in [0.25, 0.3) is 0 Å². The molecule has 0 aromatic carbocycles. The van der Waals surface area contributed by atoms with E-state index in [1.54, 1.807) is 25.1 Å². The van der Waals surface area contributed by atoms with Gasteiger partial charge in [-0.2, -0.15) is 0 Å². The van der Waals surface area contributed by atoms with Crippen molar-refractivity contribution in [3.8, 4) is 0 Å². The number of allylic oxidation sites excluding steroid dienone is 1. The van der Waals surface area contributed by atoms with Crippen LogP contribution in [0.1, 0.15) is 64.7 Å². The van der Waals surface area contributed by atoms with Crippen LogP contribution in [0.4, 0.5) is 0 Å². The number of carbonyl (C=O) groups is 1. The maximum absolute atomic E-state index is 11.2. The maximum atomic E-state index is 11.2. The maximum Gasteiger partial charge on any atom is 0.245 e. The zero-order chi connectivity index (χ0) is 12.9. The third-order valence-corrected chi connectivity index (χ3v) is 2.93. The fourth-order valence-corrected chi connectivity index (χ4v) is 1.73. The smallest absolute Gasteiger partial charge is 0.245 e. The molecule has 0 atom stereocenters. The van der Waals surface area contributed by atoms with Crippen molar-refractivity contribution in [1.29, 1.82) is 0 Å². The highest BCUT2D eigenvalue weighted by Gasteiger charge is 1.95. The molecule has 0 N–H and O–H groups in total. The minimum atomic E-state index is 0.0876. The predicted molar refractivity (Wildman–Crippen MR) is 75.1 cm³/mol. The molecule has 1 amide bonds. The molecule has 0 aliphatic carbocycles. The van der Waals surface area contributed by atoms with Crippen LogP contribution in [0, 0.1) is 0 Å². The highest BCUT2D eigenvalue weighted by atomic mass is 16.2. The summed E-state index contributed by atoms with van der Waals surface area (Å²) in [4.78, 5) is 12.8. The topological polar surface area (TPSA) is 20.3 Å². The standard InChI is InChI=1S/C15H29NO/c1-4-5-6-7-8-9-10-11-12-13-14-15(17)16(2)3/h13-14H,4-12H2,1-3H3/b14-13+. The van der Waals surface area contributed by atoms with Gasteiger partial charge in [0.2, 0.25) is 5.91 Å². The lowest BCUT2D eigenvalue weighted by Gasteiger charge is -2.05. The molecular weight excluding hydrogens is 210 g/mol. The van der Waals surface area contributed by atoms with Gasteiger partial charge < -0.3 is 4.90 Å². The highest BCUT2D eigenvalue weighted by molar-refractivity contribution is 5.86. The lowest BCUT2D eigenvalue weighted by atomic mass is 10.1. The summed E-state index contributed by atoms with van der Waals surface area (Å²) < 4.78 is 0. The number of carbonyl (C=O) groups excluding carboxylic acids is 1. The predicted octanol–water partition coefficient (Wildman–Crippen LogP) is 4.16. The van der Waals surface area contributed by atoms with Gasteiger partial charge in [0.1, 0.15) is 0 Å². The molecule has 0 aliphatic rings. The molecule has 0 bridgehead atoms. The van der Waals surface area contributed by atoms with Gasteiger partial charge in [0.15, 0.2) is 0 Å². The van der Waals surface area contributed by atoms with E-state index in [2.05, 4.69) is 6.92 Å². The van der Waals surface area contributed by atoms with Gasteiger partial charge in [0, 0.05) is 14.1 Å². The Labute approximate surface area is 107 Å². The van der Waals surface area contributed by atoms with Crippen LogP contribution in [-0.2, 0) is 4.79 Å². The van der Waals surface area contributed by atoms with E-state index in [0.717, 1.165) is 6.42 Å². The molecule has 0 unspecified atom stereocenters. The largest absolute Gasteiger partial charge is 0.345 e. The molecule has 2 heteroatoms. The molecule has 100 valence electrons. The van der Waals surface area contributed by atoms with Gasteiger partial charge in [-0.3, -0.25) is 4.79 Å². The number of amides is 1. The number of rotatable bonds is 10. The SMILES string of the molecule is CCCCCCCCCC/C=C/C(=O)N(C)C. The van der Waals surface area contributed by atoms with Crippen LogP contribution in [0.3, 0.4) is 0 Å². The van der Waals surface area contributed by atoms with Gasteiger partial charge in [-0.15, -0.1) is 0 Å². The van der Waals surface area contributed by atoms with E-state index in [1.807, 2.05) is 6.08 Å². The molecule has 0 rings (SSSR count). The Bertz CT molecular complexity index is 209. The lowest BCUT2D eigenvalue weighted by Crippen LogP contribution is -2.18. The summed E-state index contributed by atoms with van der Waals surface area (Å²) in [7, 11) is 3.56. The van der Waals surface area contributed by atoms with Gasteiger partial charge in [0.05, 0.1) is 0 Å². The summed E-state index contributed by atoms with van der Waals surface area (Å²) >= 11 is 0. The Morgan fingerprint density at radius 1 is 0.941 bits per heavy atom. The van der Waals surface area contributed by atoms with Gasteiger partial charge in [-0.25, -0.2) is 0 Å². The number of hydrogen-bond acceptors (Lipinski definition) is 1. The molecule has 0 heterocycles. The summed E-state index contributed by atoms with van der Waals surface area (Å²) in [5.41, 5.74) is 0. The number of hydrogen-bond donors (Lipinski definition) is 0. The molecule has 0 aliphatic heterocycles. The first-order valence-electron chi connectivity index (χ1n) is 7.06. The van der Waals surface area contributed by atoms with Crippen molar-refractivity contribution in [3.63, 3.8) is 0 Å². The normalized spacial score (nSPS) is 11.0. The van der Waals surface area contributed by atoms with Gasteiger partial charge in [-0.05, 0) is 18.9 Å². The first-order chi connectivity index (χ1) is 8.18. The fourth-order valence-electron chi connectivity index (χ4n) is 1.73. The van der Waals surface area contributed by atoms with E-state index in [1.165, 1.54) is 51.4 Å². The third-order valence-electron chi connectivity index (χ3n) is 2.93. The summed E-state index contributed by atoms with van der Waals surface area (Å²) in [5.74, 6) is 0.0876. The van der Waals surface area contributed by atoms with Gasteiger partial charge in [-0.1, -0.05) is 57.9 Å². The van der Waals surface area contributed by atoms with Crippen LogP contribution in [0.5, 0.6) is 0 Å². The summed E-state index contributed by atoms with van der Waals surface area (Å²) in [6.45, 7) is 2.25. The minimum Gasteiger partial charge on any atom is -0.345 e. The average molecular weight is 239 g/mol. The van der Waals surface area contributed by atoms with E-state index < -0.39 is 0 Å². The van der Waals surface area contributed by atoms with E-state index in [0.29, 0.717) is 0 Å². The van der Waals surface area contributed by atoms with Crippen molar-refractivity contribution in [3.05, 3.63) is 12.2 Å². The van der Waals surface area contributed by atoms with Crippen LogP contribution in [0.25, 0.3) is 0 Å². The van der Waals surface area contributed by atoms with E-state index >= 15 is 0 Å². The molecule has 0 saturated carbocycles. The average Bonchev–Trinajstić information content (AvgIpc) is 2.31. The van der Waals surface area contributed by atoms with Gasteiger partial charge >= 0.3 is 0 Å². The number of likely N-dealkylation sites (N-methyl/N-ethyl adjacent to an activating group) is 1. The van der Waals surface area contributed by atoms with Crippen molar-refractivity contribution in [2.45, 2.75) is 64.7 Å². The Kier molecular flexibility index (Phi) is 11.1. The van der Waals surface area contributed by atoms with Crippen LogP contribution in [0.15, 0.2) is 12.2 Å².